The zero-order valence-electron chi connectivity index (χ0n) is 16.1. The smallest absolute Gasteiger partial charge is 0.394 e. The number of halogens is 2. The third-order valence-electron chi connectivity index (χ3n) is 4.93. The average Bonchev–Trinajstić information content (AvgIpc) is 2.73. The number of piperidine rings is 1. The van der Waals surface area contributed by atoms with Crippen LogP contribution in [-0.2, 0) is 14.6 Å². The Morgan fingerprint density at radius 1 is 1.20 bits per heavy atom. The molecule has 162 valence electrons. The third kappa shape index (κ3) is 4.27. The molecule has 2 aromatic rings. The molecule has 1 saturated heterocycles. The Morgan fingerprint density at radius 2 is 1.83 bits per heavy atom. The van der Waals surface area contributed by atoms with E-state index < -0.39 is 26.6 Å². The van der Waals surface area contributed by atoms with Crippen LogP contribution in [0.5, 0.6) is 5.75 Å². The van der Waals surface area contributed by atoms with Gasteiger partial charge in [0.05, 0.1) is 10.6 Å². The number of sulfone groups is 1. The average molecular weight is 441 g/mol. The van der Waals surface area contributed by atoms with Crippen LogP contribution < -0.4 is 15.5 Å². The van der Waals surface area contributed by atoms with Gasteiger partial charge in [-0.3, -0.25) is 15.0 Å². The molecule has 1 aliphatic heterocycles. The van der Waals surface area contributed by atoms with Gasteiger partial charge >= 0.3 is 6.11 Å². The number of hydrogen-bond donors (Lipinski definition) is 3. The van der Waals surface area contributed by atoms with Gasteiger partial charge in [0.25, 0.3) is 5.91 Å². The van der Waals surface area contributed by atoms with Crippen LogP contribution in [-0.4, -0.2) is 48.5 Å². The first-order valence-corrected chi connectivity index (χ1v) is 10.6. The molecule has 0 bridgehead atoms. The van der Waals surface area contributed by atoms with Crippen molar-refractivity contribution in [3.63, 3.8) is 0 Å². The van der Waals surface area contributed by atoms with Crippen molar-refractivity contribution in [3.8, 4) is 17.0 Å². The first-order valence-electron chi connectivity index (χ1n) is 9.12. The van der Waals surface area contributed by atoms with Crippen molar-refractivity contribution >= 4 is 15.7 Å². The molecule has 30 heavy (non-hydrogen) atoms. The first-order chi connectivity index (χ1) is 14.1. The predicted octanol–water partition coefficient (Wildman–Crippen LogP) is 2.14. The largest absolute Gasteiger partial charge is 0.433 e. The molecule has 1 aliphatic rings. The minimum absolute atomic E-state index is 0.00695. The predicted molar refractivity (Wildman–Crippen MR) is 103 cm³/mol. The van der Waals surface area contributed by atoms with E-state index in [1.54, 1.807) is 0 Å². The Bertz CT molecular complexity index is 1000. The number of hydrogen-bond acceptors (Lipinski definition) is 7. The highest BCUT2D eigenvalue weighted by Crippen LogP contribution is 2.34. The Labute approximate surface area is 172 Å². The number of amides is 1. The van der Waals surface area contributed by atoms with Crippen molar-refractivity contribution in [1.82, 2.24) is 15.8 Å². The number of carbonyl (C=O) groups excluding carboxylic acids is 1. The van der Waals surface area contributed by atoms with E-state index in [1.165, 1.54) is 41.9 Å². The standard InChI is InChI=1S/C19H21F2N3O5S/c1-18(20,21)29-14-4-2-13(3-5-14)16-7-6-15(12-23-16)30(27,28)19(17(25)24-26)8-10-22-11-9-19/h2-7,12,22,26H,8-11H2,1H3,(H,24,25). The monoisotopic (exact) mass is 441 g/mol. The van der Waals surface area contributed by atoms with Crippen LogP contribution in [0.25, 0.3) is 11.3 Å². The van der Waals surface area contributed by atoms with Crippen LogP contribution in [0.2, 0.25) is 0 Å². The Balaban J connectivity index is 1.88. The van der Waals surface area contributed by atoms with E-state index in [-0.39, 0.29) is 23.5 Å². The molecule has 1 fully saturated rings. The highest BCUT2D eigenvalue weighted by atomic mass is 32.2. The molecule has 0 radical (unpaired) electrons. The molecule has 3 N–H and O–H groups in total. The number of hydroxylamine groups is 1. The molecular formula is C19H21F2N3O5S. The SMILES string of the molecule is CC(F)(F)Oc1ccc(-c2ccc(S(=O)(=O)C3(C(=O)NO)CCNCC3)cn2)cc1. The molecular weight excluding hydrogens is 420 g/mol. The van der Waals surface area contributed by atoms with Crippen molar-refractivity contribution in [2.24, 2.45) is 0 Å². The van der Waals surface area contributed by atoms with Gasteiger partial charge in [-0.05, 0) is 62.3 Å². The second-order valence-corrected chi connectivity index (χ2v) is 9.26. The molecule has 0 atom stereocenters. The lowest BCUT2D eigenvalue weighted by Crippen LogP contribution is -2.57. The van der Waals surface area contributed by atoms with Crippen LogP contribution in [0.15, 0.2) is 47.5 Å². The Morgan fingerprint density at radius 3 is 2.33 bits per heavy atom. The van der Waals surface area contributed by atoms with Gasteiger partial charge in [-0.25, -0.2) is 13.9 Å². The van der Waals surface area contributed by atoms with E-state index in [0.717, 1.165) is 6.20 Å². The number of nitrogens with zero attached hydrogens (tertiary/aromatic N) is 1. The normalized spacial score (nSPS) is 16.7. The van der Waals surface area contributed by atoms with E-state index in [1.807, 2.05) is 0 Å². The topological polar surface area (TPSA) is 118 Å². The Hall–Kier alpha value is -2.63. The lowest BCUT2D eigenvalue weighted by molar-refractivity contribution is -0.158. The maximum atomic E-state index is 13.2. The van der Waals surface area contributed by atoms with Crippen LogP contribution in [0.1, 0.15) is 19.8 Å². The van der Waals surface area contributed by atoms with Gasteiger partial charge < -0.3 is 10.1 Å². The zero-order valence-corrected chi connectivity index (χ0v) is 16.9. The van der Waals surface area contributed by atoms with Gasteiger partial charge in [0.15, 0.2) is 14.6 Å². The van der Waals surface area contributed by atoms with Crippen molar-refractivity contribution in [2.75, 3.05) is 13.1 Å². The zero-order chi connectivity index (χ0) is 22.0. The fourth-order valence-corrected chi connectivity index (χ4v) is 5.31. The molecule has 1 aromatic heterocycles. The van der Waals surface area contributed by atoms with Crippen LogP contribution in [0.4, 0.5) is 8.78 Å². The summed E-state index contributed by atoms with van der Waals surface area (Å²) < 4.78 is 54.9. The molecule has 0 saturated carbocycles. The number of benzene rings is 1. The quantitative estimate of drug-likeness (QED) is 0.464. The first kappa shape index (κ1) is 22.1. The van der Waals surface area contributed by atoms with Crippen molar-refractivity contribution in [3.05, 3.63) is 42.6 Å². The molecule has 1 aromatic carbocycles. The fraction of sp³-hybridized carbons (Fsp3) is 0.368. The Kier molecular flexibility index (Phi) is 6.06. The second kappa shape index (κ2) is 8.25. The summed E-state index contributed by atoms with van der Waals surface area (Å²) in [7, 11) is -4.14. The summed E-state index contributed by atoms with van der Waals surface area (Å²) in [6.45, 7) is 1.25. The van der Waals surface area contributed by atoms with E-state index in [9.17, 15) is 22.0 Å². The van der Waals surface area contributed by atoms with Crippen LogP contribution in [0.3, 0.4) is 0 Å². The van der Waals surface area contributed by atoms with E-state index in [0.29, 0.717) is 31.3 Å². The van der Waals surface area contributed by atoms with Gasteiger partial charge in [0.1, 0.15) is 5.75 Å². The highest BCUT2D eigenvalue weighted by molar-refractivity contribution is 7.93. The number of aromatic nitrogens is 1. The van der Waals surface area contributed by atoms with Crippen molar-refractivity contribution < 1.29 is 31.9 Å². The molecule has 1 amide bonds. The number of carbonyl (C=O) groups is 1. The highest BCUT2D eigenvalue weighted by Gasteiger charge is 2.52. The maximum absolute atomic E-state index is 13.2. The summed E-state index contributed by atoms with van der Waals surface area (Å²) in [5.41, 5.74) is 2.46. The summed E-state index contributed by atoms with van der Waals surface area (Å²) in [4.78, 5) is 16.3. The lowest BCUT2D eigenvalue weighted by Gasteiger charge is -2.34. The number of alkyl halides is 2. The summed E-state index contributed by atoms with van der Waals surface area (Å²) in [5.74, 6) is -0.996. The van der Waals surface area contributed by atoms with E-state index in [4.69, 9.17) is 5.21 Å². The molecule has 0 spiro atoms. The summed E-state index contributed by atoms with van der Waals surface area (Å²) in [5, 5.41) is 12.1. The summed E-state index contributed by atoms with van der Waals surface area (Å²) >= 11 is 0. The minimum Gasteiger partial charge on any atom is -0.433 e. The second-order valence-electron chi connectivity index (χ2n) is 7.00. The summed E-state index contributed by atoms with van der Waals surface area (Å²) in [6.07, 6.45) is -2.15. The molecule has 0 unspecified atom stereocenters. The minimum atomic E-state index is -4.14. The molecule has 3 rings (SSSR count). The van der Waals surface area contributed by atoms with Crippen LogP contribution in [0, 0.1) is 0 Å². The third-order valence-corrected chi connectivity index (χ3v) is 7.42. The van der Waals surface area contributed by atoms with Gasteiger partial charge in [-0.15, -0.1) is 0 Å². The number of ether oxygens (including phenoxy) is 1. The lowest BCUT2D eigenvalue weighted by atomic mass is 9.96. The van der Waals surface area contributed by atoms with E-state index in [2.05, 4.69) is 15.0 Å². The van der Waals surface area contributed by atoms with Crippen molar-refractivity contribution in [2.45, 2.75) is 35.5 Å². The number of rotatable bonds is 6. The fourth-order valence-electron chi connectivity index (χ4n) is 3.39. The van der Waals surface area contributed by atoms with Gasteiger partial charge in [0, 0.05) is 18.7 Å². The maximum Gasteiger partial charge on any atom is 0.394 e. The number of pyridine rings is 1. The van der Waals surface area contributed by atoms with Gasteiger partial charge in [0.2, 0.25) is 0 Å². The van der Waals surface area contributed by atoms with Crippen molar-refractivity contribution in [1.29, 1.82) is 0 Å². The van der Waals surface area contributed by atoms with Crippen LogP contribution >= 0.6 is 0 Å². The van der Waals surface area contributed by atoms with Gasteiger partial charge in [-0.2, -0.15) is 8.78 Å². The number of nitrogens with one attached hydrogen (secondary N) is 2. The molecule has 0 aliphatic carbocycles. The van der Waals surface area contributed by atoms with Gasteiger partial charge in [-0.1, -0.05) is 0 Å². The molecule has 2 heterocycles. The molecule has 8 nitrogen and oxygen atoms in total. The summed E-state index contributed by atoms with van der Waals surface area (Å²) in [6, 6.07) is 8.54. The molecule has 11 heteroatoms. The van der Waals surface area contributed by atoms with E-state index >= 15 is 0 Å².